The Bertz CT molecular complexity index is 490. The third-order valence-corrected chi connectivity index (χ3v) is 1.94. The number of hydrogen-bond acceptors (Lipinski definition) is 3. The van der Waals surface area contributed by atoms with Crippen LogP contribution in [-0.2, 0) is 0 Å². The Hall–Kier alpha value is -2.04. The molecule has 0 saturated carbocycles. The molecule has 0 unspecified atom stereocenters. The van der Waals surface area contributed by atoms with Crippen LogP contribution in [0.15, 0.2) is 18.3 Å². The Labute approximate surface area is 79.3 Å². The maximum absolute atomic E-state index is 10.7. The first-order chi connectivity index (χ1) is 6.72. The summed E-state index contributed by atoms with van der Waals surface area (Å²) >= 11 is 0. The Morgan fingerprint density at radius 1 is 1.64 bits per heavy atom. The van der Waals surface area contributed by atoms with Crippen molar-refractivity contribution in [1.29, 1.82) is 0 Å². The molecule has 2 N–H and O–H groups in total. The SMILES string of the molecule is COc1ccnc2[nH]c(C(=O)O)cc12. The van der Waals surface area contributed by atoms with Crippen molar-refractivity contribution >= 4 is 17.0 Å². The zero-order valence-electron chi connectivity index (χ0n) is 7.44. The van der Waals surface area contributed by atoms with Crippen LogP contribution in [0.25, 0.3) is 11.0 Å². The first-order valence-corrected chi connectivity index (χ1v) is 3.97. The van der Waals surface area contributed by atoms with Gasteiger partial charge in [0.05, 0.1) is 12.5 Å². The van der Waals surface area contributed by atoms with Crippen LogP contribution in [0.2, 0.25) is 0 Å². The smallest absolute Gasteiger partial charge is 0.352 e. The lowest BCUT2D eigenvalue weighted by Gasteiger charge is -1.98. The summed E-state index contributed by atoms with van der Waals surface area (Å²) < 4.78 is 5.07. The number of fused-ring (bicyclic) bond motifs is 1. The molecule has 5 heteroatoms. The number of ether oxygens (including phenoxy) is 1. The zero-order valence-corrected chi connectivity index (χ0v) is 7.44. The Morgan fingerprint density at radius 2 is 2.43 bits per heavy atom. The predicted molar refractivity (Wildman–Crippen MR) is 49.6 cm³/mol. The van der Waals surface area contributed by atoms with Crippen molar-refractivity contribution in [3.63, 3.8) is 0 Å². The largest absolute Gasteiger partial charge is 0.496 e. The Morgan fingerprint density at radius 3 is 3.07 bits per heavy atom. The van der Waals surface area contributed by atoms with Crippen LogP contribution in [-0.4, -0.2) is 28.2 Å². The van der Waals surface area contributed by atoms with Crippen LogP contribution >= 0.6 is 0 Å². The molecule has 2 aromatic rings. The molecule has 0 atom stereocenters. The fourth-order valence-corrected chi connectivity index (χ4v) is 1.30. The lowest BCUT2D eigenvalue weighted by molar-refractivity contribution is 0.0691. The van der Waals surface area contributed by atoms with Crippen LogP contribution in [0.3, 0.4) is 0 Å². The minimum atomic E-state index is -1.01. The van der Waals surface area contributed by atoms with E-state index in [0.29, 0.717) is 16.8 Å². The summed E-state index contributed by atoms with van der Waals surface area (Å²) in [4.78, 5) is 17.3. The standard InChI is InChI=1S/C9H8N2O3/c1-14-7-2-3-10-8-5(7)4-6(11-8)9(12)13/h2-4H,1H3,(H,10,11)(H,12,13). The van der Waals surface area contributed by atoms with E-state index in [2.05, 4.69) is 9.97 Å². The third-order valence-electron chi connectivity index (χ3n) is 1.94. The molecular formula is C9H8N2O3. The van der Waals surface area contributed by atoms with Gasteiger partial charge in [-0.1, -0.05) is 0 Å². The molecule has 2 rings (SSSR count). The van der Waals surface area contributed by atoms with Crippen molar-refractivity contribution in [2.24, 2.45) is 0 Å². The van der Waals surface area contributed by atoms with Gasteiger partial charge in [0.2, 0.25) is 0 Å². The van der Waals surface area contributed by atoms with E-state index in [0.717, 1.165) is 0 Å². The highest BCUT2D eigenvalue weighted by atomic mass is 16.5. The lowest BCUT2D eigenvalue weighted by atomic mass is 10.3. The van der Waals surface area contributed by atoms with E-state index < -0.39 is 5.97 Å². The minimum Gasteiger partial charge on any atom is -0.496 e. The highest BCUT2D eigenvalue weighted by Crippen LogP contribution is 2.23. The maximum Gasteiger partial charge on any atom is 0.352 e. The topological polar surface area (TPSA) is 75.2 Å². The van der Waals surface area contributed by atoms with Gasteiger partial charge in [-0.15, -0.1) is 0 Å². The van der Waals surface area contributed by atoms with Crippen LogP contribution in [0, 0.1) is 0 Å². The van der Waals surface area contributed by atoms with Crippen molar-refractivity contribution in [3.05, 3.63) is 24.0 Å². The number of nitrogens with zero attached hydrogens (tertiary/aromatic N) is 1. The molecule has 14 heavy (non-hydrogen) atoms. The first kappa shape index (κ1) is 8.55. The molecule has 2 heterocycles. The zero-order chi connectivity index (χ0) is 10.1. The number of hydrogen-bond donors (Lipinski definition) is 2. The minimum absolute atomic E-state index is 0.108. The fourth-order valence-electron chi connectivity index (χ4n) is 1.30. The van der Waals surface area contributed by atoms with Gasteiger partial charge in [-0.05, 0) is 12.1 Å². The number of carboxylic acids is 1. The summed E-state index contributed by atoms with van der Waals surface area (Å²) in [5, 5.41) is 9.42. The third kappa shape index (κ3) is 1.19. The quantitative estimate of drug-likeness (QED) is 0.751. The highest BCUT2D eigenvalue weighted by Gasteiger charge is 2.10. The van der Waals surface area contributed by atoms with Crippen molar-refractivity contribution < 1.29 is 14.6 Å². The normalized spacial score (nSPS) is 10.4. The monoisotopic (exact) mass is 192 g/mol. The average molecular weight is 192 g/mol. The molecule has 0 aliphatic rings. The molecule has 0 fully saturated rings. The number of nitrogens with one attached hydrogen (secondary N) is 1. The molecule has 0 radical (unpaired) electrons. The van der Waals surface area contributed by atoms with E-state index in [1.165, 1.54) is 13.2 Å². The van der Waals surface area contributed by atoms with Gasteiger partial charge in [0, 0.05) is 6.20 Å². The fraction of sp³-hybridized carbons (Fsp3) is 0.111. The van der Waals surface area contributed by atoms with E-state index >= 15 is 0 Å². The number of aromatic carboxylic acids is 1. The number of aromatic nitrogens is 2. The van der Waals surface area contributed by atoms with E-state index in [1.54, 1.807) is 12.3 Å². The van der Waals surface area contributed by atoms with Crippen LogP contribution in [0.4, 0.5) is 0 Å². The second-order valence-electron chi connectivity index (χ2n) is 2.76. The maximum atomic E-state index is 10.7. The second-order valence-corrected chi connectivity index (χ2v) is 2.76. The molecule has 0 spiro atoms. The molecule has 0 bridgehead atoms. The predicted octanol–water partition coefficient (Wildman–Crippen LogP) is 1.27. The van der Waals surface area contributed by atoms with Gasteiger partial charge in [-0.25, -0.2) is 9.78 Å². The summed E-state index contributed by atoms with van der Waals surface area (Å²) in [6, 6.07) is 3.19. The van der Waals surface area contributed by atoms with Gasteiger partial charge in [-0.2, -0.15) is 0 Å². The van der Waals surface area contributed by atoms with Gasteiger partial charge >= 0.3 is 5.97 Å². The molecule has 2 aromatic heterocycles. The summed E-state index contributed by atoms with van der Waals surface area (Å²) in [5.41, 5.74) is 0.624. The highest BCUT2D eigenvalue weighted by molar-refractivity contribution is 5.94. The van der Waals surface area contributed by atoms with E-state index in [-0.39, 0.29) is 5.69 Å². The second kappa shape index (κ2) is 3.02. The average Bonchev–Trinajstić information content (AvgIpc) is 2.60. The van der Waals surface area contributed by atoms with Gasteiger partial charge in [-0.3, -0.25) is 0 Å². The van der Waals surface area contributed by atoms with Crippen molar-refractivity contribution in [3.8, 4) is 5.75 Å². The summed E-state index contributed by atoms with van der Waals surface area (Å²) in [7, 11) is 1.53. The van der Waals surface area contributed by atoms with Crippen molar-refractivity contribution in [1.82, 2.24) is 9.97 Å². The summed E-state index contributed by atoms with van der Waals surface area (Å²) in [5.74, 6) is -0.399. The van der Waals surface area contributed by atoms with E-state index in [9.17, 15) is 4.79 Å². The number of methoxy groups -OCH3 is 1. The number of carbonyl (C=O) groups is 1. The summed E-state index contributed by atoms with van der Waals surface area (Å²) in [6.07, 6.45) is 1.56. The van der Waals surface area contributed by atoms with Gasteiger partial charge in [0.1, 0.15) is 17.1 Å². The Balaban J connectivity index is 2.70. The van der Waals surface area contributed by atoms with Crippen molar-refractivity contribution in [2.45, 2.75) is 0 Å². The molecule has 0 aliphatic heterocycles. The number of carboxylic acid groups (broad SMARTS) is 1. The van der Waals surface area contributed by atoms with Gasteiger partial charge in [0.15, 0.2) is 0 Å². The number of rotatable bonds is 2. The molecule has 5 nitrogen and oxygen atoms in total. The van der Waals surface area contributed by atoms with Crippen LogP contribution < -0.4 is 4.74 Å². The molecular weight excluding hydrogens is 184 g/mol. The first-order valence-electron chi connectivity index (χ1n) is 3.97. The molecule has 0 aliphatic carbocycles. The van der Waals surface area contributed by atoms with Gasteiger partial charge in [0.25, 0.3) is 0 Å². The van der Waals surface area contributed by atoms with E-state index in [4.69, 9.17) is 9.84 Å². The van der Waals surface area contributed by atoms with Crippen molar-refractivity contribution in [2.75, 3.05) is 7.11 Å². The number of aromatic amines is 1. The summed E-state index contributed by atoms with van der Waals surface area (Å²) in [6.45, 7) is 0. The molecule has 0 saturated heterocycles. The Kier molecular flexibility index (Phi) is 1.85. The molecule has 0 amide bonds. The van der Waals surface area contributed by atoms with Crippen LogP contribution in [0.1, 0.15) is 10.5 Å². The van der Waals surface area contributed by atoms with Crippen LogP contribution in [0.5, 0.6) is 5.75 Å². The number of H-pyrrole nitrogens is 1. The number of pyridine rings is 1. The lowest BCUT2D eigenvalue weighted by Crippen LogP contribution is -1.94. The van der Waals surface area contributed by atoms with E-state index in [1.807, 2.05) is 0 Å². The van der Waals surface area contributed by atoms with Gasteiger partial charge < -0.3 is 14.8 Å². The molecule has 0 aromatic carbocycles. The molecule has 72 valence electrons.